The second-order valence-electron chi connectivity index (χ2n) is 3.22. The Labute approximate surface area is 70.9 Å². The molecule has 0 fully saturated rings. The Balaban J connectivity index is 2.81. The van der Waals surface area contributed by atoms with Gasteiger partial charge in [-0.1, -0.05) is 54.5 Å². The summed E-state index contributed by atoms with van der Waals surface area (Å²) in [5.41, 5.74) is 1.37. The lowest BCUT2D eigenvalue weighted by molar-refractivity contribution is 1.42. The van der Waals surface area contributed by atoms with Crippen molar-refractivity contribution in [1.29, 1.82) is 0 Å². The molecule has 1 unspecified atom stereocenters. The largest absolute Gasteiger partial charge is 0.0680 e. The van der Waals surface area contributed by atoms with E-state index < -0.39 is 8.80 Å². The van der Waals surface area contributed by atoms with Gasteiger partial charge in [-0.05, 0) is 6.92 Å². The van der Waals surface area contributed by atoms with Crippen LogP contribution in [0.2, 0.25) is 12.6 Å². The van der Waals surface area contributed by atoms with E-state index in [1.165, 1.54) is 11.6 Å². The molecule has 0 heterocycles. The molecule has 0 radical (unpaired) electrons. The zero-order valence-corrected chi connectivity index (χ0v) is 8.75. The topological polar surface area (TPSA) is 0 Å². The van der Waals surface area contributed by atoms with Gasteiger partial charge in [0.15, 0.2) is 0 Å². The van der Waals surface area contributed by atoms with Gasteiger partial charge in [0.05, 0.1) is 8.80 Å². The van der Waals surface area contributed by atoms with E-state index in [0.717, 1.165) is 0 Å². The van der Waals surface area contributed by atoms with Gasteiger partial charge in [0.1, 0.15) is 0 Å². The fourth-order valence-electron chi connectivity index (χ4n) is 1.13. The van der Waals surface area contributed by atoms with E-state index in [1.54, 1.807) is 5.19 Å². The highest BCUT2D eigenvalue weighted by Gasteiger charge is 2.02. The lowest BCUT2D eigenvalue weighted by Gasteiger charge is -2.06. The zero-order chi connectivity index (χ0) is 8.27. The Morgan fingerprint density at radius 2 is 1.73 bits per heavy atom. The maximum absolute atomic E-state index is 2.41. The number of hydrogen-bond acceptors (Lipinski definition) is 0. The van der Waals surface area contributed by atoms with Crippen LogP contribution in [0.1, 0.15) is 12.5 Å². The van der Waals surface area contributed by atoms with Gasteiger partial charge in [0.25, 0.3) is 0 Å². The van der Waals surface area contributed by atoms with Crippen LogP contribution in [0.3, 0.4) is 0 Å². The molecule has 11 heavy (non-hydrogen) atoms. The van der Waals surface area contributed by atoms with Crippen LogP contribution in [0.25, 0.3) is 0 Å². The Kier molecular flexibility index (Phi) is 2.89. The molecule has 0 nitrogen and oxygen atoms in total. The van der Waals surface area contributed by atoms with E-state index in [1.807, 2.05) is 0 Å². The van der Waals surface area contributed by atoms with E-state index in [-0.39, 0.29) is 0 Å². The molecule has 0 saturated heterocycles. The molecule has 1 aromatic carbocycles. The van der Waals surface area contributed by atoms with Gasteiger partial charge in [0, 0.05) is 0 Å². The van der Waals surface area contributed by atoms with Crippen LogP contribution in [-0.4, -0.2) is 8.80 Å². The molecule has 0 aliphatic carbocycles. The van der Waals surface area contributed by atoms with Crippen LogP contribution in [0, 0.1) is 6.92 Å². The van der Waals surface area contributed by atoms with Gasteiger partial charge >= 0.3 is 0 Å². The van der Waals surface area contributed by atoms with Gasteiger partial charge in [-0.15, -0.1) is 0 Å². The van der Waals surface area contributed by atoms with Gasteiger partial charge in [-0.25, -0.2) is 0 Å². The highest BCUT2D eigenvalue weighted by Crippen LogP contribution is 1.97. The first kappa shape index (κ1) is 8.53. The van der Waals surface area contributed by atoms with Crippen molar-refractivity contribution in [2.45, 2.75) is 26.4 Å². The Bertz CT molecular complexity index is 213. The van der Waals surface area contributed by atoms with E-state index in [4.69, 9.17) is 0 Å². The van der Waals surface area contributed by atoms with E-state index in [2.05, 4.69) is 44.7 Å². The molecule has 0 N–H and O–H groups in total. The number of rotatable bonds is 2. The average molecular weight is 164 g/mol. The molecule has 1 rings (SSSR count). The maximum atomic E-state index is 2.41. The molecule has 1 aromatic rings. The predicted molar refractivity (Wildman–Crippen MR) is 54.3 cm³/mol. The summed E-state index contributed by atoms with van der Waals surface area (Å²) in [5, 5.41) is 1.60. The fraction of sp³-hybridized carbons (Fsp3) is 0.400. The van der Waals surface area contributed by atoms with Crippen molar-refractivity contribution in [2.24, 2.45) is 0 Å². The Morgan fingerprint density at radius 3 is 2.18 bits per heavy atom. The van der Waals surface area contributed by atoms with Crippen LogP contribution in [0.4, 0.5) is 0 Å². The van der Waals surface area contributed by atoms with E-state index in [9.17, 15) is 0 Å². The van der Waals surface area contributed by atoms with Crippen LogP contribution in [-0.2, 0) is 0 Å². The van der Waals surface area contributed by atoms with Crippen LogP contribution in [0.15, 0.2) is 24.3 Å². The predicted octanol–water partition coefficient (Wildman–Crippen LogP) is 2.08. The maximum Gasteiger partial charge on any atom is 0.0675 e. The lowest BCUT2D eigenvalue weighted by Crippen LogP contribution is -2.24. The third kappa shape index (κ3) is 2.19. The molecule has 60 valence electrons. The van der Waals surface area contributed by atoms with E-state index in [0.29, 0.717) is 0 Å². The summed E-state index contributed by atoms with van der Waals surface area (Å²) in [4.78, 5) is 0. The molecule has 0 aromatic heterocycles. The van der Waals surface area contributed by atoms with Gasteiger partial charge < -0.3 is 0 Å². The van der Waals surface area contributed by atoms with Gasteiger partial charge in [-0.3, -0.25) is 0 Å². The Morgan fingerprint density at radius 1 is 1.18 bits per heavy atom. The summed E-state index contributed by atoms with van der Waals surface area (Å²) in [5.74, 6) is 0. The molecule has 0 bridgehead atoms. The number of hydrogen-bond donors (Lipinski definition) is 0. The van der Waals surface area contributed by atoms with Crippen molar-refractivity contribution in [3.63, 3.8) is 0 Å². The standard InChI is InChI=1S/C10H16Si/c1-4-11(3)10-7-5-9(2)6-8-10/h5-8,11H,4H2,1-3H3. The summed E-state index contributed by atoms with van der Waals surface area (Å²) in [7, 11) is -0.560. The van der Waals surface area contributed by atoms with Crippen molar-refractivity contribution in [3.05, 3.63) is 29.8 Å². The van der Waals surface area contributed by atoms with E-state index >= 15 is 0 Å². The number of benzene rings is 1. The normalized spacial score (nSPS) is 13.0. The molecule has 0 aliphatic rings. The third-order valence-electron chi connectivity index (χ3n) is 2.26. The monoisotopic (exact) mass is 164 g/mol. The fourth-order valence-corrected chi connectivity index (χ4v) is 2.45. The van der Waals surface area contributed by atoms with Gasteiger partial charge in [0.2, 0.25) is 0 Å². The first-order valence-electron chi connectivity index (χ1n) is 4.30. The van der Waals surface area contributed by atoms with Crippen molar-refractivity contribution < 1.29 is 0 Å². The summed E-state index contributed by atoms with van der Waals surface area (Å²) >= 11 is 0. The quantitative estimate of drug-likeness (QED) is 0.587. The average Bonchev–Trinajstić information content (AvgIpc) is 2.05. The minimum absolute atomic E-state index is 0.560. The third-order valence-corrected chi connectivity index (χ3v) is 5.01. The van der Waals surface area contributed by atoms with Gasteiger partial charge in [-0.2, -0.15) is 0 Å². The molecule has 0 aliphatic heterocycles. The zero-order valence-electron chi connectivity index (χ0n) is 7.59. The van der Waals surface area contributed by atoms with Crippen molar-refractivity contribution in [2.75, 3.05) is 0 Å². The summed E-state index contributed by atoms with van der Waals surface area (Å²) in [6.07, 6.45) is 0. The van der Waals surface area contributed by atoms with Crippen molar-refractivity contribution in [1.82, 2.24) is 0 Å². The highest BCUT2D eigenvalue weighted by atomic mass is 28.3. The minimum atomic E-state index is -0.560. The smallest absolute Gasteiger partial charge is 0.0675 e. The molecule has 1 atom stereocenters. The molecule has 0 amide bonds. The lowest BCUT2D eigenvalue weighted by atomic mass is 10.2. The second kappa shape index (κ2) is 3.72. The number of aryl methyl sites for hydroxylation is 1. The molecular weight excluding hydrogens is 148 g/mol. The summed E-state index contributed by atoms with van der Waals surface area (Å²) < 4.78 is 0. The summed E-state index contributed by atoms with van der Waals surface area (Å²) in [6, 6.07) is 10.4. The molecule has 0 saturated carbocycles. The van der Waals surface area contributed by atoms with Crippen LogP contribution in [0.5, 0.6) is 0 Å². The first-order valence-corrected chi connectivity index (χ1v) is 6.85. The second-order valence-corrected chi connectivity index (χ2v) is 6.51. The van der Waals surface area contributed by atoms with Crippen molar-refractivity contribution in [3.8, 4) is 0 Å². The SMILES string of the molecule is CC[SiH](C)c1ccc(C)cc1. The highest BCUT2D eigenvalue weighted by molar-refractivity contribution is 6.71. The van der Waals surface area contributed by atoms with Crippen molar-refractivity contribution >= 4 is 14.0 Å². The molecule has 1 heteroatoms. The molecular formula is C10H16Si. The van der Waals surface area contributed by atoms with Crippen LogP contribution < -0.4 is 5.19 Å². The first-order chi connectivity index (χ1) is 5.24. The Hall–Kier alpha value is -0.563. The summed E-state index contributed by atoms with van der Waals surface area (Å²) in [6.45, 7) is 6.84. The molecule has 0 spiro atoms. The minimum Gasteiger partial charge on any atom is -0.0680 e. The van der Waals surface area contributed by atoms with Crippen LogP contribution >= 0.6 is 0 Å².